The molecule has 1 aliphatic rings. The smallest absolute Gasteiger partial charge is 0.267 e. The lowest BCUT2D eigenvalue weighted by molar-refractivity contribution is -0.124. The number of likely N-dealkylation sites (N-methyl/N-ethyl adjacent to an activating group) is 1. The van der Waals surface area contributed by atoms with E-state index in [4.69, 9.17) is 5.21 Å². The largest absolute Gasteiger partial charge is 0.303 e. The molecule has 1 atom stereocenters. The Balaban J connectivity index is 1.47. The lowest BCUT2D eigenvalue weighted by atomic mass is 10.00. The molecule has 0 bridgehead atoms. The number of hydroxylamine groups is 1. The van der Waals surface area contributed by atoms with Crippen LogP contribution in [0.25, 0.3) is 11.6 Å². The second kappa shape index (κ2) is 9.21. The van der Waals surface area contributed by atoms with E-state index in [1.807, 2.05) is 35.1 Å². The maximum absolute atomic E-state index is 11.2. The van der Waals surface area contributed by atoms with Crippen molar-refractivity contribution in [2.24, 2.45) is 0 Å². The Morgan fingerprint density at radius 1 is 1.23 bits per heavy atom. The van der Waals surface area contributed by atoms with Gasteiger partial charge in [-0.05, 0) is 48.4 Å². The Hall–Kier alpha value is -3.00. The van der Waals surface area contributed by atoms with Crippen LogP contribution in [0.3, 0.4) is 0 Å². The summed E-state index contributed by atoms with van der Waals surface area (Å²) in [6, 6.07) is 14.8. The second-order valence-corrected chi connectivity index (χ2v) is 7.74. The molecule has 30 heavy (non-hydrogen) atoms. The Morgan fingerprint density at radius 2 is 2.07 bits per heavy atom. The third kappa shape index (κ3) is 4.59. The number of fused-ring (bicyclic) bond motifs is 1. The van der Waals surface area contributed by atoms with Crippen molar-refractivity contribution in [2.75, 3.05) is 33.2 Å². The molecule has 2 aromatic heterocycles. The maximum atomic E-state index is 11.2. The first kappa shape index (κ1) is 20.3. The highest BCUT2D eigenvalue weighted by Gasteiger charge is 2.26. The van der Waals surface area contributed by atoms with E-state index in [-0.39, 0.29) is 0 Å². The first-order valence-corrected chi connectivity index (χ1v) is 10.2. The van der Waals surface area contributed by atoms with E-state index in [1.54, 1.807) is 11.6 Å². The van der Waals surface area contributed by atoms with E-state index >= 15 is 0 Å². The highest BCUT2D eigenvalue weighted by Crippen LogP contribution is 2.26. The molecular weight excluding hydrogens is 378 g/mol. The van der Waals surface area contributed by atoms with Gasteiger partial charge in [0, 0.05) is 44.5 Å². The zero-order valence-corrected chi connectivity index (χ0v) is 17.1. The molecule has 4 rings (SSSR count). The monoisotopic (exact) mass is 405 g/mol. The van der Waals surface area contributed by atoms with Crippen molar-refractivity contribution in [2.45, 2.75) is 12.5 Å². The number of carbonyl (C=O) groups is 1. The van der Waals surface area contributed by atoms with Crippen LogP contribution in [0.15, 0.2) is 60.9 Å². The number of aromatic nitrogens is 2. The van der Waals surface area contributed by atoms with E-state index in [0.717, 1.165) is 38.2 Å². The fraction of sp³-hybridized carbons (Fsp3) is 0.304. The number of carbonyl (C=O) groups excluding carboxylic acids is 1. The van der Waals surface area contributed by atoms with E-state index < -0.39 is 5.91 Å². The van der Waals surface area contributed by atoms with Crippen molar-refractivity contribution in [3.63, 3.8) is 0 Å². The number of nitrogens with one attached hydrogen (secondary N) is 1. The van der Waals surface area contributed by atoms with Gasteiger partial charge in [0.25, 0.3) is 5.91 Å². The number of rotatable bonds is 6. The van der Waals surface area contributed by atoms with Gasteiger partial charge < -0.3 is 4.90 Å². The zero-order chi connectivity index (χ0) is 20.9. The Bertz CT molecular complexity index is 1030. The predicted molar refractivity (Wildman–Crippen MR) is 116 cm³/mol. The van der Waals surface area contributed by atoms with Gasteiger partial charge in [-0.3, -0.25) is 14.9 Å². The van der Waals surface area contributed by atoms with Gasteiger partial charge in [-0.1, -0.05) is 30.3 Å². The normalized spacial score (nSPS) is 18.3. The summed E-state index contributed by atoms with van der Waals surface area (Å²) in [6.07, 6.45) is 7.92. The van der Waals surface area contributed by atoms with Crippen molar-refractivity contribution in [3.8, 4) is 0 Å². The lowest BCUT2D eigenvalue weighted by Gasteiger charge is -2.40. The van der Waals surface area contributed by atoms with Crippen LogP contribution in [0.2, 0.25) is 0 Å². The molecule has 0 radical (unpaired) electrons. The summed E-state index contributed by atoms with van der Waals surface area (Å²) in [5, 5.41) is 13.0. The van der Waals surface area contributed by atoms with Crippen molar-refractivity contribution in [1.82, 2.24) is 24.9 Å². The summed E-state index contributed by atoms with van der Waals surface area (Å²) in [5.41, 5.74) is 6.24. The molecule has 7 nitrogen and oxygen atoms in total. The van der Waals surface area contributed by atoms with Gasteiger partial charge in [0.1, 0.15) is 0 Å². The molecule has 1 saturated heterocycles. The molecule has 0 spiro atoms. The fourth-order valence-electron chi connectivity index (χ4n) is 4.02. The fourth-order valence-corrected chi connectivity index (χ4v) is 4.02. The van der Waals surface area contributed by atoms with Crippen LogP contribution >= 0.6 is 0 Å². The third-order valence-electron chi connectivity index (χ3n) is 5.73. The van der Waals surface area contributed by atoms with Crippen LogP contribution in [-0.4, -0.2) is 63.8 Å². The van der Waals surface area contributed by atoms with Crippen LogP contribution in [0.1, 0.15) is 22.7 Å². The van der Waals surface area contributed by atoms with E-state index in [9.17, 15) is 4.79 Å². The predicted octanol–water partition coefficient (Wildman–Crippen LogP) is 2.38. The highest BCUT2D eigenvalue weighted by molar-refractivity contribution is 5.90. The Labute approximate surface area is 176 Å². The number of pyridine rings is 1. The second-order valence-electron chi connectivity index (χ2n) is 7.74. The van der Waals surface area contributed by atoms with Gasteiger partial charge in [-0.2, -0.15) is 5.10 Å². The Kier molecular flexibility index (Phi) is 6.23. The topological polar surface area (TPSA) is 73.1 Å². The molecule has 2 N–H and O–H groups in total. The number of benzene rings is 1. The van der Waals surface area contributed by atoms with Gasteiger partial charge >= 0.3 is 0 Å². The average molecular weight is 406 g/mol. The number of hydrogen-bond acceptors (Lipinski definition) is 5. The Morgan fingerprint density at radius 3 is 2.87 bits per heavy atom. The third-order valence-corrected chi connectivity index (χ3v) is 5.73. The molecule has 1 fully saturated rings. The van der Waals surface area contributed by atoms with Crippen molar-refractivity contribution in [3.05, 3.63) is 77.6 Å². The van der Waals surface area contributed by atoms with Crippen LogP contribution in [-0.2, 0) is 11.2 Å². The zero-order valence-electron chi connectivity index (χ0n) is 17.1. The molecule has 3 aromatic rings. The van der Waals surface area contributed by atoms with Gasteiger partial charge in [-0.15, -0.1) is 0 Å². The number of piperazine rings is 1. The molecule has 1 unspecified atom stereocenters. The summed E-state index contributed by atoms with van der Waals surface area (Å²) in [6.45, 7) is 4.05. The molecule has 1 amide bonds. The summed E-state index contributed by atoms with van der Waals surface area (Å²) < 4.78 is 1.93. The maximum Gasteiger partial charge on any atom is 0.267 e. The molecule has 0 saturated carbocycles. The first-order chi connectivity index (χ1) is 14.6. The lowest BCUT2D eigenvalue weighted by Crippen LogP contribution is -2.47. The molecule has 0 aliphatic carbocycles. The van der Waals surface area contributed by atoms with E-state index in [1.165, 1.54) is 22.7 Å². The quantitative estimate of drug-likeness (QED) is 0.374. The molecule has 156 valence electrons. The number of amides is 1. The van der Waals surface area contributed by atoms with Crippen molar-refractivity contribution in [1.29, 1.82) is 0 Å². The van der Waals surface area contributed by atoms with Crippen molar-refractivity contribution < 1.29 is 10.0 Å². The molecule has 1 aliphatic heterocycles. The molecule has 7 heteroatoms. The van der Waals surface area contributed by atoms with Gasteiger partial charge in [0.15, 0.2) is 0 Å². The number of hydrogen-bond donors (Lipinski definition) is 2. The molecule has 3 heterocycles. The van der Waals surface area contributed by atoms with Gasteiger partial charge in [0.05, 0.1) is 11.7 Å². The van der Waals surface area contributed by atoms with Crippen LogP contribution in [0, 0.1) is 0 Å². The minimum atomic E-state index is -0.535. The van der Waals surface area contributed by atoms with Crippen LogP contribution < -0.4 is 5.48 Å². The van der Waals surface area contributed by atoms with Crippen LogP contribution in [0.5, 0.6) is 0 Å². The summed E-state index contributed by atoms with van der Waals surface area (Å²) in [4.78, 5) is 16.1. The SMILES string of the molecule is CN1CCN(CCc2cnn3ccccc23)C(c2ccc(/C=C/C(=O)NO)cc2)C1. The van der Waals surface area contributed by atoms with Gasteiger partial charge in [0.2, 0.25) is 0 Å². The van der Waals surface area contributed by atoms with E-state index in [2.05, 4.69) is 46.2 Å². The van der Waals surface area contributed by atoms with Crippen LogP contribution in [0.4, 0.5) is 0 Å². The summed E-state index contributed by atoms with van der Waals surface area (Å²) >= 11 is 0. The van der Waals surface area contributed by atoms with Crippen molar-refractivity contribution >= 4 is 17.5 Å². The highest BCUT2D eigenvalue weighted by atomic mass is 16.5. The summed E-state index contributed by atoms with van der Waals surface area (Å²) in [7, 11) is 2.17. The first-order valence-electron chi connectivity index (χ1n) is 10.2. The van der Waals surface area contributed by atoms with E-state index in [0.29, 0.717) is 6.04 Å². The minimum absolute atomic E-state index is 0.323. The van der Waals surface area contributed by atoms with Gasteiger partial charge in [-0.25, -0.2) is 10.00 Å². The number of nitrogens with zero attached hydrogens (tertiary/aromatic N) is 4. The molecule has 1 aromatic carbocycles. The minimum Gasteiger partial charge on any atom is -0.303 e. The summed E-state index contributed by atoms with van der Waals surface area (Å²) in [5.74, 6) is -0.535. The average Bonchev–Trinajstić information content (AvgIpc) is 3.20. The molecular formula is C23H27N5O2. The standard InChI is InChI=1S/C23H27N5O2/c1-26-14-15-27(13-11-20-16-24-28-12-3-2-4-21(20)28)22(17-26)19-8-5-18(6-9-19)7-10-23(29)25-30/h2-10,12,16,22,30H,11,13-15,17H2,1H3,(H,25,29)/b10-7+.